The number of fused-ring (bicyclic) bond motifs is 4. The predicted molar refractivity (Wildman–Crippen MR) is 126 cm³/mol. The largest absolute Gasteiger partial charge is 0.108 e. The molecule has 0 fully saturated rings. The zero-order valence-corrected chi connectivity index (χ0v) is 20.4. The van der Waals surface area contributed by atoms with Gasteiger partial charge in [0.05, 0.1) is 15.2 Å². The van der Waals surface area contributed by atoms with Crippen molar-refractivity contribution in [3.63, 3.8) is 0 Å². The maximum absolute atomic E-state index is 2.68. The van der Waals surface area contributed by atoms with Gasteiger partial charge in [-0.1, -0.05) is 121 Å². The maximum atomic E-state index is 2.68. The Bertz CT molecular complexity index is 1000. The first-order valence-electron chi connectivity index (χ1n) is 10.3. The second kappa shape index (κ2) is 5.34. The highest BCUT2D eigenvalue weighted by Gasteiger charge is 2.58. The molecule has 4 aliphatic carbocycles. The molecule has 0 aromatic rings. The van der Waals surface area contributed by atoms with E-state index in [-0.39, 0.29) is 0 Å². The van der Waals surface area contributed by atoms with Crippen LogP contribution in [0.2, 0.25) is 39.3 Å². The molecule has 0 saturated carbocycles. The minimum Gasteiger partial charge on any atom is -0.0743 e. The standard InChI is InChI=1S/C24H30Si3/c1-25(2)23-19-13-9-7-11-17(19)15-21(23)26(3,4)27(5,6)22-16-18-12-8-10-14-20(18)24(22)25/h7-17,20H,1-6H3. The third-order valence-electron chi connectivity index (χ3n) is 8.15. The van der Waals surface area contributed by atoms with Gasteiger partial charge in [-0.3, -0.25) is 0 Å². The fourth-order valence-electron chi connectivity index (χ4n) is 6.01. The van der Waals surface area contributed by atoms with E-state index in [4.69, 9.17) is 0 Å². The Morgan fingerprint density at radius 3 is 2.26 bits per heavy atom. The van der Waals surface area contributed by atoms with Crippen molar-refractivity contribution in [2.75, 3.05) is 0 Å². The minimum absolute atomic E-state index is 0.529. The highest BCUT2D eigenvalue weighted by atomic mass is 29.3. The van der Waals surface area contributed by atoms with Crippen molar-refractivity contribution in [3.05, 3.63) is 92.7 Å². The van der Waals surface area contributed by atoms with E-state index in [1.54, 1.807) is 11.1 Å². The Morgan fingerprint density at radius 2 is 1.48 bits per heavy atom. The fourth-order valence-corrected chi connectivity index (χ4v) is 23.6. The van der Waals surface area contributed by atoms with E-state index in [0.717, 1.165) is 0 Å². The molecule has 0 radical (unpaired) electrons. The van der Waals surface area contributed by atoms with E-state index < -0.39 is 23.3 Å². The SMILES string of the molecule is C[Si]1(C)C2=C3C=CC=CC3C=C2[Si](C)(C)[Si](C)(C)C2=C1C1C=CC=CC1=C2. The predicted octanol–water partition coefficient (Wildman–Crippen LogP) is 6.32. The monoisotopic (exact) mass is 402 g/mol. The second-order valence-electron chi connectivity index (χ2n) is 10.2. The molecule has 0 nitrogen and oxygen atoms in total. The molecular weight excluding hydrogens is 373 g/mol. The summed E-state index contributed by atoms with van der Waals surface area (Å²) < 4.78 is 0. The molecule has 0 spiro atoms. The van der Waals surface area contributed by atoms with Crippen LogP contribution >= 0.6 is 0 Å². The third kappa shape index (κ3) is 2.08. The van der Waals surface area contributed by atoms with E-state index in [2.05, 4.69) is 100 Å². The van der Waals surface area contributed by atoms with Crippen LogP contribution in [0.5, 0.6) is 0 Å². The van der Waals surface area contributed by atoms with E-state index in [0.29, 0.717) is 11.8 Å². The zero-order valence-electron chi connectivity index (χ0n) is 17.4. The molecule has 1 heterocycles. The molecule has 0 amide bonds. The lowest BCUT2D eigenvalue weighted by Gasteiger charge is -2.40. The Kier molecular flexibility index (Phi) is 3.49. The number of hydrogen-bond acceptors (Lipinski definition) is 0. The lowest BCUT2D eigenvalue weighted by atomic mass is 9.98. The van der Waals surface area contributed by atoms with Crippen LogP contribution in [-0.4, -0.2) is 23.3 Å². The molecule has 2 atom stereocenters. The van der Waals surface area contributed by atoms with Gasteiger partial charge >= 0.3 is 0 Å². The van der Waals surface area contributed by atoms with Crippen molar-refractivity contribution in [1.29, 1.82) is 0 Å². The van der Waals surface area contributed by atoms with Crippen molar-refractivity contribution < 1.29 is 0 Å². The molecular formula is C24H30Si3. The summed E-state index contributed by atoms with van der Waals surface area (Å²) in [5, 5.41) is 7.31. The zero-order chi connectivity index (χ0) is 19.2. The molecule has 0 bridgehead atoms. The maximum Gasteiger partial charge on any atom is 0.108 e. The van der Waals surface area contributed by atoms with Crippen LogP contribution in [0.3, 0.4) is 0 Å². The summed E-state index contributed by atoms with van der Waals surface area (Å²) in [5.41, 5.74) is 3.19. The summed E-state index contributed by atoms with van der Waals surface area (Å²) in [7, 11) is -4.89. The van der Waals surface area contributed by atoms with E-state index in [9.17, 15) is 0 Å². The molecule has 0 aromatic heterocycles. The highest BCUT2D eigenvalue weighted by molar-refractivity contribution is 7.47. The first-order chi connectivity index (χ1) is 12.7. The topological polar surface area (TPSA) is 0 Å². The minimum atomic E-state index is -1.76. The normalized spacial score (nSPS) is 33.3. The highest BCUT2D eigenvalue weighted by Crippen LogP contribution is 2.56. The van der Waals surface area contributed by atoms with Gasteiger partial charge in [0.2, 0.25) is 0 Å². The Morgan fingerprint density at radius 1 is 0.778 bits per heavy atom. The van der Waals surface area contributed by atoms with E-state index in [1.165, 1.54) is 0 Å². The number of rotatable bonds is 0. The summed E-state index contributed by atoms with van der Waals surface area (Å²) in [5.74, 6) is 1.07. The van der Waals surface area contributed by atoms with Gasteiger partial charge in [0.1, 0.15) is 8.07 Å². The van der Waals surface area contributed by atoms with Crippen molar-refractivity contribution in [2.24, 2.45) is 11.8 Å². The number of hydrogen-bond donors (Lipinski definition) is 0. The summed E-state index contributed by atoms with van der Waals surface area (Å²) >= 11 is 0. The van der Waals surface area contributed by atoms with Gasteiger partial charge in [-0.2, -0.15) is 0 Å². The van der Waals surface area contributed by atoms with Gasteiger partial charge in [0.25, 0.3) is 0 Å². The molecule has 3 heteroatoms. The van der Waals surface area contributed by atoms with Gasteiger partial charge in [-0.15, -0.1) is 0 Å². The average molecular weight is 403 g/mol. The Hall–Kier alpha value is -1.43. The van der Waals surface area contributed by atoms with Crippen LogP contribution in [0.15, 0.2) is 92.7 Å². The molecule has 2 unspecified atom stereocenters. The van der Waals surface area contributed by atoms with Crippen molar-refractivity contribution in [3.8, 4) is 0 Å². The van der Waals surface area contributed by atoms with Crippen molar-refractivity contribution >= 4 is 23.3 Å². The molecule has 5 aliphatic rings. The average Bonchev–Trinajstić information content (AvgIpc) is 3.20. The van der Waals surface area contributed by atoms with Gasteiger partial charge in [0, 0.05) is 11.8 Å². The van der Waals surface area contributed by atoms with Crippen molar-refractivity contribution in [2.45, 2.75) is 39.3 Å². The molecule has 138 valence electrons. The third-order valence-corrected chi connectivity index (χ3v) is 30.0. The number of allylic oxidation sites excluding steroid dienone is 16. The lowest BCUT2D eigenvalue weighted by molar-refractivity contribution is 0.979. The van der Waals surface area contributed by atoms with Gasteiger partial charge in [-0.05, 0) is 11.1 Å². The first kappa shape index (κ1) is 17.7. The van der Waals surface area contributed by atoms with Crippen LogP contribution in [-0.2, 0) is 0 Å². The summed E-state index contributed by atoms with van der Waals surface area (Å²) in [6.45, 7) is 16.0. The van der Waals surface area contributed by atoms with Gasteiger partial charge in [0.15, 0.2) is 0 Å². The van der Waals surface area contributed by atoms with E-state index >= 15 is 0 Å². The molecule has 0 aromatic carbocycles. The van der Waals surface area contributed by atoms with Crippen LogP contribution in [0.1, 0.15) is 0 Å². The van der Waals surface area contributed by atoms with Gasteiger partial charge in [-0.25, -0.2) is 0 Å². The van der Waals surface area contributed by atoms with Gasteiger partial charge < -0.3 is 0 Å². The molecule has 5 rings (SSSR count). The van der Waals surface area contributed by atoms with Crippen LogP contribution < -0.4 is 0 Å². The molecule has 0 saturated heterocycles. The molecule has 27 heavy (non-hydrogen) atoms. The van der Waals surface area contributed by atoms with Crippen molar-refractivity contribution in [1.82, 2.24) is 0 Å². The summed E-state index contributed by atoms with van der Waals surface area (Å²) in [6, 6.07) is 0. The van der Waals surface area contributed by atoms with Crippen LogP contribution in [0.4, 0.5) is 0 Å². The Labute approximate surface area is 167 Å². The Balaban J connectivity index is 1.86. The lowest BCUT2D eigenvalue weighted by Crippen LogP contribution is -2.57. The smallest absolute Gasteiger partial charge is 0.0743 e. The molecule has 0 N–H and O–H groups in total. The molecule has 1 aliphatic heterocycles. The summed E-state index contributed by atoms with van der Waals surface area (Å²) in [6.07, 6.45) is 24.0. The fraction of sp³-hybridized carbons (Fsp3) is 0.333. The quantitative estimate of drug-likeness (QED) is 0.416. The second-order valence-corrected chi connectivity index (χ2v) is 29.6. The van der Waals surface area contributed by atoms with E-state index in [1.807, 2.05) is 20.8 Å². The van der Waals surface area contributed by atoms with Crippen LogP contribution in [0.25, 0.3) is 0 Å². The van der Waals surface area contributed by atoms with Crippen LogP contribution in [0, 0.1) is 11.8 Å². The summed E-state index contributed by atoms with van der Waals surface area (Å²) in [4.78, 5) is 0. The first-order valence-corrected chi connectivity index (χ1v) is 20.3.